The first-order valence-electron chi connectivity index (χ1n) is 6.97. The van der Waals surface area contributed by atoms with Gasteiger partial charge in [-0.1, -0.05) is 12.5 Å². The second-order valence-corrected chi connectivity index (χ2v) is 5.40. The van der Waals surface area contributed by atoms with Crippen molar-refractivity contribution in [2.75, 3.05) is 20.1 Å². The highest BCUT2D eigenvalue weighted by Gasteiger charge is 2.22. The zero-order valence-electron chi connectivity index (χ0n) is 11.6. The van der Waals surface area contributed by atoms with Crippen molar-refractivity contribution in [3.8, 4) is 0 Å². The molecule has 1 N–H and O–H groups in total. The van der Waals surface area contributed by atoms with E-state index in [1.807, 2.05) is 18.9 Å². The van der Waals surface area contributed by atoms with Gasteiger partial charge in [-0.3, -0.25) is 4.90 Å². The molecule has 0 aromatic heterocycles. The number of nitrogens with one attached hydrogen (secondary N) is 1. The summed E-state index contributed by atoms with van der Waals surface area (Å²) in [5.41, 5.74) is 0.167. The molecule has 1 aromatic carbocycles. The third-order valence-electron chi connectivity index (χ3n) is 4.00. The Morgan fingerprint density at radius 1 is 1.32 bits per heavy atom. The van der Waals surface area contributed by atoms with Gasteiger partial charge in [0, 0.05) is 24.2 Å². The molecule has 1 heterocycles. The first-order valence-corrected chi connectivity index (χ1v) is 6.97. The number of piperidine rings is 1. The lowest BCUT2D eigenvalue weighted by molar-refractivity contribution is 0.208. The molecule has 106 valence electrons. The number of halogens is 2. The van der Waals surface area contributed by atoms with Gasteiger partial charge in [-0.15, -0.1) is 0 Å². The van der Waals surface area contributed by atoms with Crippen molar-refractivity contribution in [2.24, 2.45) is 0 Å². The topological polar surface area (TPSA) is 15.3 Å². The van der Waals surface area contributed by atoms with Crippen LogP contribution < -0.4 is 5.32 Å². The van der Waals surface area contributed by atoms with Crippen LogP contribution in [0, 0.1) is 11.6 Å². The molecule has 0 radical (unpaired) electrons. The van der Waals surface area contributed by atoms with Crippen LogP contribution in [0.3, 0.4) is 0 Å². The molecule has 19 heavy (non-hydrogen) atoms. The van der Waals surface area contributed by atoms with Crippen molar-refractivity contribution >= 4 is 0 Å². The van der Waals surface area contributed by atoms with Crippen LogP contribution in [0.15, 0.2) is 18.2 Å². The number of nitrogens with zero attached hydrogens (tertiary/aromatic N) is 1. The van der Waals surface area contributed by atoms with Gasteiger partial charge in [-0.05, 0) is 45.5 Å². The first-order chi connectivity index (χ1) is 9.09. The Morgan fingerprint density at radius 3 is 2.58 bits per heavy atom. The smallest absolute Gasteiger partial charge is 0.130 e. The molecule has 4 heteroatoms. The van der Waals surface area contributed by atoms with Gasteiger partial charge in [0.15, 0.2) is 0 Å². The van der Waals surface area contributed by atoms with Crippen LogP contribution in [0.2, 0.25) is 0 Å². The molecule has 1 saturated heterocycles. The van der Waals surface area contributed by atoms with E-state index in [0.29, 0.717) is 6.04 Å². The van der Waals surface area contributed by atoms with Gasteiger partial charge in [0.25, 0.3) is 0 Å². The van der Waals surface area contributed by atoms with E-state index in [4.69, 9.17) is 0 Å². The van der Waals surface area contributed by atoms with Crippen molar-refractivity contribution in [3.05, 3.63) is 35.4 Å². The van der Waals surface area contributed by atoms with Gasteiger partial charge in [0.05, 0.1) is 0 Å². The Labute approximate surface area is 113 Å². The molecule has 1 aliphatic heterocycles. The summed E-state index contributed by atoms with van der Waals surface area (Å²) in [6.07, 6.45) is 3.59. The SMILES string of the molecule is CC(c1c(F)cccc1F)N(C)CC1CCCCN1. The van der Waals surface area contributed by atoms with E-state index in [-0.39, 0.29) is 11.6 Å². The average molecular weight is 268 g/mol. The average Bonchev–Trinajstić information content (AvgIpc) is 2.39. The van der Waals surface area contributed by atoms with Crippen LogP contribution in [0.4, 0.5) is 8.78 Å². The van der Waals surface area contributed by atoms with E-state index in [2.05, 4.69) is 5.32 Å². The molecule has 0 aliphatic carbocycles. The lowest BCUT2D eigenvalue weighted by atomic mass is 10.0. The summed E-state index contributed by atoms with van der Waals surface area (Å²) in [6, 6.07) is 4.22. The predicted octanol–water partition coefficient (Wildman–Crippen LogP) is 3.10. The fourth-order valence-electron chi connectivity index (χ4n) is 2.72. The van der Waals surface area contributed by atoms with E-state index in [1.54, 1.807) is 0 Å². The number of rotatable bonds is 4. The van der Waals surface area contributed by atoms with Gasteiger partial charge in [-0.2, -0.15) is 0 Å². The molecular formula is C15H22F2N2. The molecule has 2 atom stereocenters. The van der Waals surface area contributed by atoms with E-state index in [1.165, 1.54) is 31.0 Å². The summed E-state index contributed by atoms with van der Waals surface area (Å²) in [5.74, 6) is -0.924. The normalized spacial score (nSPS) is 21.6. The van der Waals surface area contributed by atoms with Gasteiger partial charge >= 0.3 is 0 Å². The Morgan fingerprint density at radius 2 is 2.00 bits per heavy atom. The van der Waals surface area contributed by atoms with Gasteiger partial charge in [0.2, 0.25) is 0 Å². The van der Waals surface area contributed by atoms with Crippen molar-refractivity contribution < 1.29 is 8.78 Å². The van der Waals surface area contributed by atoms with Crippen LogP contribution in [-0.2, 0) is 0 Å². The number of hydrogen-bond acceptors (Lipinski definition) is 2. The standard InChI is InChI=1S/C15H22F2N2/c1-11(15-13(16)7-5-8-14(15)17)19(2)10-12-6-3-4-9-18-12/h5,7-8,11-12,18H,3-4,6,9-10H2,1-2H3. The fourth-order valence-corrected chi connectivity index (χ4v) is 2.72. The summed E-state index contributed by atoms with van der Waals surface area (Å²) in [4.78, 5) is 2.02. The summed E-state index contributed by atoms with van der Waals surface area (Å²) >= 11 is 0. The molecule has 2 nitrogen and oxygen atoms in total. The van der Waals surface area contributed by atoms with E-state index in [0.717, 1.165) is 19.5 Å². The summed E-state index contributed by atoms with van der Waals surface area (Å²) in [7, 11) is 1.92. The minimum atomic E-state index is -0.462. The first kappa shape index (κ1) is 14.4. The molecular weight excluding hydrogens is 246 g/mol. The van der Waals surface area contributed by atoms with Crippen LogP contribution in [0.1, 0.15) is 37.8 Å². The number of likely N-dealkylation sites (N-methyl/N-ethyl adjacent to an activating group) is 1. The van der Waals surface area contributed by atoms with Crippen molar-refractivity contribution in [2.45, 2.75) is 38.3 Å². The Kier molecular flexibility index (Phi) is 4.88. The summed E-state index contributed by atoms with van der Waals surface area (Å²) in [5, 5.41) is 3.46. The largest absolute Gasteiger partial charge is 0.313 e. The fraction of sp³-hybridized carbons (Fsp3) is 0.600. The monoisotopic (exact) mass is 268 g/mol. The number of hydrogen-bond donors (Lipinski definition) is 1. The lowest BCUT2D eigenvalue weighted by Crippen LogP contribution is -2.43. The maximum atomic E-state index is 13.8. The molecule has 1 aliphatic rings. The predicted molar refractivity (Wildman–Crippen MR) is 73.0 cm³/mol. The van der Waals surface area contributed by atoms with E-state index < -0.39 is 11.6 Å². The minimum Gasteiger partial charge on any atom is -0.313 e. The van der Waals surface area contributed by atoms with Crippen LogP contribution in [-0.4, -0.2) is 31.1 Å². The van der Waals surface area contributed by atoms with Gasteiger partial charge in [0.1, 0.15) is 11.6 Å². The highest BCUT2D eigenvalue weighted by Crippen LogP contribution is 2.25. The van der Waals surface area contributed by atoms with Crippen LogP contribution >= 0.6 is 0 Å². The second-order valence-electron chi connectivity index (χ2n) is 5.40. The third kappa shape index (κ3) is 3.51. The molecule has 0 amide bonds. The van der Waals surface area contributed by atoms with Crippen LogP contribution in [0.25, 0.3) is 0 Å². The highest BCUT2D eigenvalue weighted by molar-refractivity contribution is 5.22. The molecule has 2 rings (SSSR count). The maximum absolute atomic E-state index is 13.8. The third-order valence-corrected chi connectivity index (χ3v) is 4.00. The quantitative estimate of drug-likeness (QED) is 0.902. The Hall–Kier alpha value is -1.00. The van der Waals surface area contributed by atoms with Crippen molar-refractivity contribution in [3.63, 3.8) is 0 Å². The molecule has 1 fully saturated rings. The van der Waals surface area contributed by atoms with Crippen LogP contribution in [0.5, 0.6) is 0 Å². The Balaban J connectivity index is 2.03. The minimum absolute atomic E-state index is 0.167. The lowest BCUT2D eigenvalue weighted by Gasteiger charge is -2.32. The molecule has 1 aromatic rings. The zero-order chi connectivity index (χ0) is 13.8. The van der Waals surface area contributed by atoms with E-state index >= 15 is 0 Å². The maximum Gasteiger partial charge on any atom is 0.130 e. The zero-order valence-corrected chi connectivity index (χ0v) is 11.6. The van der Waals surface area contributed by atoms with Crippen molar-refractivity contribution in [1.82, 2.24) is 10.2 Å². The Bertz CT molecular complexity index is 396. The molecule has 2 unspecified atom stereocenters. The van der Waals surface area contributed by atoms with E-state index in [9.17, 15) is 8.78 Å². The number of benzene rings is 1. The summed E-state index contributed by atoms with van der Waals surface area (Å²) in [6.45, 7) is 3.71. The van der Waals surface area contributed by atoms with Gasteiger partial charge < -0.3 is 5.32 Å². The molecule has 0 bridgehead atoms. The highest BCUT2D eigenvalue weighted by atomic mass is 19.1. The van der Waals surface area contributed by atoms with Gasteiger partial charge in [-0.25, -0.2) is 8.78 Å². The molecule has 0 spiro atoms. The van der Waals surface area contributed by atoms with Crippen molar-refractivity contribution in [1.29, 1.82) is 0 Å². The second kappa shape index (κ2) is 6.44. The molecule has 0 saturated carbocycles. The summed E-state index contributed by atoms with van der Waals surface area (Å²) < 4.78 is 27.5.